The maximum Gasteiger partial charge on any atom is 0.254 e. The van der Waals surface area contributed by atoms with Crippen LogP contribution in [0.4, 0.5) is 0 Å². The molecular formula is C13H16NO. The second kappa shape index (κ2) is 4.05. The van der Waals surface area contributed by atoms with Gasteiger partial charge in [-0.15, -0.1) is 0 Å². The molecule has 0 atom stereocenters. The number of fused-ring (bicyclic) bond motifs is 1. The maximum absolute atomic E-state index is 12.1. The Hall–Kier alpha value is -1.31. The molecule has 15 heavy (non-hydrogen) atoms. The number of hydrogen-bond acceptors (Lipinski definition) is 1. The molecule has 1 aliphatic rings. The third-order valence-electron chi connectivity index (χ3n) is 2.60. The van der Waals surface area contributed by atoms with Crippen molar-refractivity contribution in [3.05, 3.63) is 41.8 Å². The molecule has 0 N–H and O–H groups in total. The first kappa shape index (κ1) is 10.2. The summed E-state index contributed by atoms with van der Waals surface area (Å²) in [4.78, 5) is 14.0. The molecule has 1 radical (unpaired) electrons. The molecule has 0 fully saturated rings. The van der Waals surface area contributed by atoms with Gasteiger partial charge in [-0.1, -0.05) is 32.0 Å². The van der Waals surface area contributed by atoms with E-state index in [-0.39, 0.29) is 5.91 Å². The molecule has 1 aromatic rings. The lowest BCUT2D eigenvalue weighted by Crippen LogP contribution is -2.38. The minimum absolute atomic E-state index is 0.168. The summed E-state index contributed by atoms with van der Waals surface area (Å²) in [6, 6.07) is 7.80. The van der Waals surface area contributed by atoms with Gasteiger partial charge in [0, 0.05) is 25.1 Å². The lowest BCUT2D eigenvalue weighted by atomic mass is 9.98. The summed E-state index contributed by atoms with van der Waals surface area (Å²) < 4.78 is 0. The fourth-order valence-corrected chi connectivity index (χ4v) is 1.93. The van der Waals surface area contributed by atoms with E-state index in [1.54, 1.807) is 0 Å². The number of amides is 1. The minimum atomic E-state index is 0.168. The number of nitrogens with zero attached hydrogens (tertiary/aromatic N) is 1. The highest BCUT2D eigenvalue weighted by molar-refractivity contribution is 5.97. The molecule has 1 amide bonds. The van der Waals surface area contributed by atoms with Gasteiger partial charge in [0.05, 0.1) is 0 Å². The molecule has 1 heterocycles. The Morgan fingerprint density at radius 2 is 2.07 bits per heavy atom. The topological polar surface area (TPSA) is 20.3 Å². The Bertz CT molecular complexity index is 371. The maximum atomic E-state index is 12.1. The van der Waals surface area contributed by atoms with E-state index in [0.29, 0.717) is 5.92 Å². The summed E-state index contributed by atoms with van der Waals surface area (Å²) in [5, 5.41) is 0. The van der Waals surface area contributed by atoms with E-state index in [2.05, 4.69) is 20.3 Å². The van der Waals surface area contributed by atoms with Crippen molar-refractivity contribution in [3.8, 4) is 0 Å². The molecule has 2 rings (SSSR count). The summed E-state index contributed by atoms with van der Waals surface area (Å²) >= 11 is 0. The Morgan fingerprint density at radius 1 is 1.33 bits per heavy atom. The second-order valence-electron chi connectivity index (χ2n) is 4.40. The summed E-state index contributed by atoms with van der Waals surface area (Å²) in [7, 11) is 0. The molecule has 0 bridgehead atoms. The zero-order chi connectivity index (χ0) is 10.8. The van der Waals surface area contributed by atoms with Gasteiger partial charge < -0.3 is 4.90 Å². The van der Waals surface area contributed by atoms with Crippen molar-refractivity contribution in [1.29, 1.82) is 0 Å². The standard InChI is InChI=1S/C13H16NO/c1-10(2)9-14-8-7-11-5-3-4-6-12(11)13(14)15/h3-7,10H,8-9H2,1-2H3. The Balaban J connectivity index is 2.22. The van der Waals surface area contributed by atoms with Crippen LogP contribution in [-0.4, -0.2) is 23.9 Å². The fraction of sp³-hybridized carbons (Fsp3) is 0.385. The predicted octanol–water partition coefficient (Wildman–Crippen LogP) is 2.35. The van der Waals surface area contributed by atoms with E-state index in [1.165, 1.54) is 0 Å². The van der Waals surface area contributed by atoms with Crippen LogP contribution in [0.25, 0.3) is 0 Å². The lowest BCUT2D eigenvalue weighted by molar-refractivity contribution is 0.0739. The smallest absolute Gasteiger partial charge is 0.254 e. The molecule has 0 aromatic heterocycles. The van der Waals surface area contributed by atoms with Crippen molar-refractivity contribution in [2.75, 3.05) is 13.1 Å². The molecule has 0 saturated carbocycles. The lowest BCUT2D eigenvalue weighted by Gasteiger charge is -2.29. The second-order valence-corrected chi connectivity index (χ2v) is 4.40. The first-order chi connectivity index (χ1) is 7.18. The van der Waals surface area contributed by atoms with Crippen LogP contribution in [0, 0.1) is 12.3 Å². The van der Waals surface area contributed by atoms with Crippen molar-refractivity contribution >= 4 is 5.91 Å². The fourth-order valence-electron chi connectivity index (χ4n) is 1.93. The largest absolute Gasteiger partial charge is 0.338 e. The van der Waals surface area contributed by atoms with Crippen molar-refractivity contribution < 1.29 is 4.79 Å². The van der Waals surface area contributed by atoms with Crippen LogP contribution in [-0.2, 0) is 0 Å². The monoisotopic (exact) mass is 202 g/mol. The average Bonchev–Trinajstić information content (AvgIpc) is 2.22. The predicted molar refractivity (Wildman–Crippen MR) is 60.6 cm³/mol. The number of carbonyl (C=O) groups is 1. The molecule has 0 saturated heterocycles. The number of hydrogen-bond donors (Lipinski definition) is 0. The number of carbonyl (C=O) groups excluding carboxylic acids is 1. The first-order valence-corrected chi connectivity index (χ1v) is 5.40. The molecule has 2 nitrogen and oxygen atoms in total. The van der Waals surface area contributed by atoms with Gasteiger partial charge in [-0.3, -0.25) is 4.79 Å². The average molecular weight is 202 g/mol. The number of rotatable bonds is 2. The van der Waals surface area contributed by atoms with E-state index in [0.717, 1.165) is 24.2 Å². The zero-order valence-electron chi connectivity index (χ0n) is 9.23. The minimum Gasteiger partial charge on any atom is -0.338 e. The summed E-state index contributed by atoms with van der Waals surface area (Å²) in [5.74, 6) is 0.689. The molecule has 1 aromatic carbocycles. The van der Waals surface area contributed by atoms with Gasteiger partial charge in [-0.25, -0.2) is 0 Å². The SMILES string of the molecule is CC(C)CN1C[CH]c2ccccc2C1=O. The van der Waals surface area contributed by atoms with Crippen molar-refractivity contribution in [2.24, 2.45) is 5.92 Å². The van der Waals surface area contributed by atoms with Gasteiger partial charge in [-0.05, 0) is 17.5 Å². The van der Waals surface area contributed by atoms with Gasteiger partial charge in [0.15, 0.2) is 0 Å². The van der Waals surface area contributed by atoms with E-state index in [9.17, 15) is 4.79 Å². The van der Waals surface area contributed by atoms with Gasteiger partial charge in [0.2, 0.25) is 0 Å². The van der Waals surface area contributed by atoms with Gasteiger partial charge >= 0.3 is 0 Å². The Labute approximate surface area is 90.9 Å². The molecule has 0 spiro atoms. The van der Waals surface area contributed by atoms with Gasteiger partial charge in [0.25, 0.3) is 5.91 Å². The zero-order valence-corrected chi connectivity index (χ0v) is 9.23. The van der Waals surface area contributed by atoms with Crippen molar-refractivity contribution in [1.82, 2.24) is 4.90 Å². The van der Waals surface area contributed by atoms with Crippen LogP contribution in [0.3, 0.4) is 0 Å². The normalized spacial score (nSPS) is 15.7. The van der Waals surface area contributed by atoms with Crippen LogP contribution < -0.4 is 0 Å². The highest BCUT2D eigenvalue weighted by Gasteiger charge is 2.23. The molecule has 79 valence electrons. The molecule has 0 unspecified atom stereocenters. The van der Waals surface area contributed by atoms with Crippen molar-refractivity contribution in [2.45, 2.75) is 13.8 Å². The van der Waals surface area contributed by atoms with Crippen LogP contribution >= 0.6 is 0 Å². The van der Waals surface area contributed by atoms with Crippen LogP contribution in [0.2, 0.25) is 0 Å². The Morgan fingerprint density at radius 3 is 2.80 bits per heavy atom. The molecule has 0 aliphatic carbocycles. The van der Waals surface area contributed by atoms with E-state index in [4.69, 9.17) is 0 Å². The summed E-state index contributed by atoms with van der Waals surface area (Å²) in [5.41, 5.74) is 1.91. The molecule has 2 heteroatoms. The van der Waals surface area contributed by atoms with Gasteiger partial charge in [-0.2, -0.15) is 0 Å². The van der Waals surface area contributed by atoms with E-state index >= 15 is 0 Å². The first-order valence-electron chi connectivity index (χ1n) is 5.40. The highest BCUT2D eigenvalue weighted by Crippen LogP contribution is 2.20. The quantitative estimate of drug-likeness (QED) is 0.721. The third-order valence-corrected chi connectivity index (χ3v) is 2.60. The van der Waals surface area contributed by atoms with E-state index in [1.807, 2.05) is 29.2 Å². The van der Waals surface area contributed by atoms with Crippen molar-refractivity contribution in [3.63, 3.8) is 0 Å². The Kier molecular flexibility index (Phi) is 2.76. The molecular weight excluding hydrogens is 186 g/mol. The molecule has 1 aliphatic heterocycles. The third kappa shape index (κ3) is 2.04. The van der Waals surface area contributed by atoms with Gasteiger partial charge in [0.1, 0.15) is 0 Å². The summed E-state index contributed by atoms with van der Waals surface area (Å²) in [6.07, 6.45) is 2.12. The van der Waals surface area contributed by atoms with Crippen LogP contribution in [0.15, 0.2) is 24.3 Å². The number of benzene rings is 1. The highest BCUT2D eigenvalue weighted by atomic mass is 16.2. The summed E-state index contributed by atoms with van der Waals surface area (Å²) in [6.45, 7) is 5.85. The van der Waals surface area contributed by atoms with Crippen LogP contribution in [0.1, 0.15) is 29.8 Å². The van der Waals surface area contributed by atoms with E-state index < -0.39 is 0 Å². The van der Waals surface area contributed by atoms with Crippen LogP contribution in [0.5, 0.6) is 0 Å².